The first-order valence-electron chi connectivity index (χ1n) is 6.00. The Bertz CT molecular complexity index is 302. The summed E-state index contributed by atoms with van der Waals surface area (Å²) in [5, 5.41) is 3.66. The summed E-state index contributed by atoms with van der Waals surface area (Å²) < 4.78 is 0. The predicted molar refractivity (Wildman–Crippen MR) is 72.4 cm³/mol. The molecule has 1 aromatic rings. The molecule has 2 heteroatoms. The van der Waals surface area contributed by atoms with E-state index in [1.165, 1.54) is 31.4 Å². The molecular formula is C14H22ClN. The Morgan fingerprint density at radius 1 is 1.12 bits per heavy atom. The van der Waals surface area contributed by atoms with Crippen molar-refractivity contribution in [1.82, 2.24) is 5.32 Å². The van der Waals surface area contributed by atoms with Crippen molar-refractivity contribution in [2.75, 3.05) is 6.54 Å². The van der Waals surface area contributed by atoms with Gasteiger partial charge in [-0.3, -0.25) is 0 Å². The summed E-state index contributed by atoms with van der Waals surface area (Å²) in [6, 6.07) is 11.5. The fraction of sp³-hybridized carbons (Fsp3) is 0.571. The van der Waals surface area contributed by atoms with Crippen LogP contribution in [0.4, 0.5) is 0 Å². The van der Waals surface area contributed by atoms with Crippen LogP contribution < -0.4 is 5.32 Å². The predicted octanol–water partition coefficient (Wildman–Crippen LogP) is 3.53. The van der Waals surface area contributed by atoms with Gasteiger partial charge in [-0.15, -0.1) is 12.4 Å². The van der Waals surface area contributed by atoms with E-state index in [0.29, 0.717) is 6.04 Å². The lowest BCUT2D eigenvalue weighted by Gasteiger charge is -2.38. The minimum absolute atomic E-state index is 0. The van der Waals surface area contributed by atoms with Gasteiger partial charge >= 0.3 is 0 Å². The van der Waals surface area contributed by atoms with Crippen LogP contribution in [0.3, 0.4) is 0 Å². The third-order valence-corrected chi connectivity index (χ3v) is 3.70. The largest absolute Gasteiger partial charge is 0.313 e. The summed E-state index contributed by atoms with van der Waals surface area (Å²) >= 11 is 0. The second-order valence-electron chi connectivity index (χ2n) is 5.09. The average Bonchev–Trinajstić information content (AvgIpc) is 2.31. The molecule has 1 aliphatic heterocycles. The summed E-state index contributed by atoms with van der Waals surface area (Å²) in [6.45, 7) is 5.89. The molecule has 0 saturated carbocycles. The van der Waals surface area contributed by atoms with Crippen molar-refractivity contribution in [3.8, 4) is 0 Å². The van der Waals surface area contributed by atoms with Crippen LogP contribution in [0.25, 0.3) is 0 Å². The smallest absolute Gasteiger partial charge is 0.0159 e. The fourth-order valence-corrected chi connectivity index (χ4v) is 2.54. The highest BCUT2D eigenvalue weighted by Gasteiger charge is 2.31. The third-order valence-electron chi connectivity index (χ3n) is 3.70. The molecule has 1 heterocycles. The summed E-state index contributed by atoms with van der Waals surface area (Å²) in [5.74, 6) is 0. The van der Waals surface area contributed by atoms with Gasteiger partial charge in [0, 0.05) is 11.5 Å². The van der Waals surface area contributed by atoms with Gasteiger partial charge in [-0.05, 0) is 24.9 Å². The maximum Gasteiger partial charge on any atom is 0.0159 e. The molecule has 1 fully saturated rings. The van der Waals surface area contributed by atoms with Crippen LogP contribution in [-0.4, -0.2) is 12.6 Å². The first-order chi connectivity index (χ1) is 7.21. The van der Waals surface area contributed by atoms with Crippen molar-refractivity contribution in [1.29, 1.82) is 0 Å². The molecule has 2 rings (SSSR count). The van der Waals surface area contributed by atoms with E-state index in [1.54, 1.807) is 0 Å². The summed E-state index contributed by atoms with van der Waals surface area (Å²) in [6.07, 6.45) is 4.01. The molecule has 16 heavy (non-hydrogen) atoms. The Morgan fingerprint density at radius 3 is 2.38 bits per heavy atom. The molecule has 0 amide bonds. The molecule has 1 saturated heterocycles. The van der Waals surface area contributed by atoms with Gasteiger partial charge in [0.2, 0.25) is 0 Å². The van der Waals surface area contributed by atoms with E-state index in [0.717, 1.165) is 0 Å². The third kappa shape index (κ3) is 2.78. The van der Waals surface area contributed by atoms with Crippen LogP contribution in [0.1, 0.15) is 38.7 Å². The highest BCUT2D eigenvalue weighted by Crippen LogP contribution is 2.30. The average molecular weight is 240 g/mol. The maximum atomic E-state index is 3.66. The SMILES string of the molecule is CC(C)(c1ccccc1)C1CCCCN1.Cl. The molecule has 1 atom stereocenters. The maximum absolute atomic E-state index is 3.66. The molecule has 0 aliphatic carbocycles. The van der Waals surface area contributed by atoms with Gasteiger partial charge in [0.25, 0.3) is 0 Å². The van der Waals surface area contributed by atoms with E-state index < -0.39 is 0 Å². The van der Waals surface area contributed by atoms with E-state index in [-0.39, 0.29) is 17.8 Å². The van der Waals surface area contributed by atoms with Gasteiger partial charge < -0.3 is 5.32 Å². The van der Waals surface area contributed by atoms with Crippen molar-refractivity contribution in [3.63, 3.8) is 0 Å². The molecule has 1 N–H and O–H groups in total. The van der Waals surface area contributed by atoms with Gasteiger partial charge in [0.05, 0.1) is 0 Å². The molecule has 0 aromatic heterocycles. The van der Waals surface area contributed by atoms with E-state index in [1.807, 2.05) is 0 Å². The zero-order chi connectivity index (χ0) is 10.7. The zero-order valence-electron chi connectivity index (χ0n) is 10.2. The molecular weight excluding hydrogens is 218 g/mol. The van der Waals surface area contributed by atoms with Crippen LogP contribution in [0, 0.1) is 0 Å². The number of piperidine rings is 1. The molecule has 0 spiro atoms. The number of benzene rings is 1. The lowest BCUT2D eigenvalue weighted by atomic mass is 9.75. The highest BCUT2D eigenvalue weighted by atomic mass is 35.5. The van der Waals surface area contributed by atoms with Crippen LogP contribution >= 0.6 is 12.4 Å². The second-order valence-corrected chi connectivity index (χ2v) is 5.09. The lowest BCUT2D eigenvalue weighted by Crippen LogP contribution is -2.47. The van der Waals surface area contributed by atoms with Gasteiger partial charge in [0.15, 0.2) is 0 Å². The van der Waals surface area contributed by atoms with E-state index >= 15 is 0 Å². The number of nitrogens with one attached hydrogen (secondary N) is 1. The van der Waals surface area contributed by atoms with Crippen LogP contribution in [0.2, 0.25) is 0 Å². The van der Waals surface area contributed by atoms with Crippen LogP contribution in [-0.2, 0) is 5.41 Å². The van der Waals surface area contributed by atoms with Gasteiger partial charge in [0.1, 0.15) is 0 Å². The normalized spacial score (nSPS) is 21.2. The molecule has 1 aliphatic rings. The standard InChI is InChI=1S/C14H21N.ClH/c1-14(2,12-8-4-3-5-9-12)13-10-6-7-11-15-13;/h3-5,8-9,13,15H,6-7,10-11H2,1-2H3;1H. The topological polar surface area (TPSA) is 12.0 Å². The second kappa shape index (κ2) is 5.70. The molecule has 1 nitrogen and oxygen atoms in total. The summed E-state index contributed by atoms with van der Waals surface area (Å²) in [5.41, 5.74) is 1.70. The van der Waals surface area contributed by atoms with Crippen LogP contribution in [0.15, 0.2) is 30.3 Å². The van der Waals surface area contributed by atoms with E-state index in [2.05, 4.69) is 49.5 Å². The lowest BCUT2D eigenvalue weighted by molar-refractivity contribution is 0.283. The molecule has 1 aromatic carbocycles. The van der Waals surface area contributed by atoms with Crippen molar-refractivity contribution >= 4 is 12.4 Å². The van der Waals surface area contributed by atoms with Crippen molar-refractivity contribution in [2.45, 2.75) is 44.6 Å². The Kier molecular flexibility index (Phi) is 4.82. The molecule has 90 valence electrons. The number of halogens is 1. The van der Waals surface area contributed by atoms with E-state index in [4.69, 9.17) is 0 Å². The quantitative estimate of drug-likeness (QED) is 0.833. The fourth-order valence-electron chi connectivity index (χ4n) is 2.54. The molecule has 1 unspecified atom stereocenters. The Labute approximate surface area is 105 Å². The minimum atomic E-state index is 0. The van der Waals surface area contributed by atoms with Crippen LogP contribution in [0.5, 0.6) is 0 Å². The monoisotopic (exact) mass is 239 g/mol. The number of hydrogen-bond donors (Lipinski definition) is 1. The van der Waals surface area contributed by atoms with Crippen molar-refractivity contribution in [3.05, 3.63) is 35.9 Å². The summed E-state index contributed by atoms with van der Waals surface area (Å²) in [4.78, 5) is 0. The number of hydrogen-bond acceptors (Lipinski definition) is 1. The van der Waals surface area contributed by atoms with Gasteiger partial charge in [-0.2, -0.15) is 0 Å². The van der Waals surface area contributed by atoms with E-state index in [9.17, 15) is 0 Å². The first-order valence-corrected chi connectivity index (χ1v) is 6.00. The number of rotatable bonds is 2. The zero-order valence-corrected chi connectivity index (χ0v) is 11.0. The first kappa shape index (κ1) is 13.5. The summed E-state index contributed by atoms with van der Waals surface area (Å²) in [7, 11) is 0. The van der Waals surface area contributed by atoms with Crippen molar-refractivity contribution < 1.29 is 0 Å². The van der Waals surface area contributed by atoms with Crippen molar-refractivity contribution in [2.24, 2.45) is 0 Å². The molecule has 0 bridgehead atoms. The Balaban J connectivity index is 0.00000128. The Hall–Kier alpha value is -0.530. The highest BCUT2D eigenvalue weighted by molar-refractivity contribution is 5.85. The van der Waals surface area contributed by atoms with Gasteiger partial charge in [-0.1, -0.05) is 50.6 Å². The Morgan fingerprint density at radius 2 is 1.81 bits per heavy atom. The van der Waals surface area contributed by atoms with Gasteiger partial charge in [-0.25, -0.2) is 0 Å². The minimum Gasteiger partial charge on any atom is -0.313 e. The molecule has 0 radical (unpaired) electrons.